The number of carboxylic acids is 1. The maximum absolute atomic E-state index is 12.3. The first-order chi connectivity index (χ1) is 9.45. The summed E-state index contributed by atoms with van der Waals surface area (Å²) >= 11 is 0. The van der Waals surface area contributed by atoms with Crippen molar-refractivity contribution in [1.82, 2.24) is 25.0 Å². The van der Waals surface area contributed by atoms with Crippen molar-refractivity contribution >= 4 is 12.0 Å². The minimum Gasteiger partial charge on any atom is -0.480 e. The number of aliphatic carboxylic acids is 1. The van der Waals surface area contributed by atoms with Crippen molar-refractivity contribution in [1.29, 1.82) is 0 Å². The molecule has 20 heavy (non-hydrogen) atoms. The fourth-order valence-corrected chi connectivity index (χ4v) is 1.97. The number of aryl methyl sites for hydroxylation is 1. The minimum absolute atomic E-state index is 0.254. The monoisotopic (exact) mass is 281 g/mol. The number of carbonyl (C=O) groups is 2. The molecule has 0 spiro atoms. The van der Waals surface area contributed by atoms with Crippen molar-refractivity contribution in [3.05, 3.63) is 11.6 Å². The lowest BCUT2D eigenvalue weighted by molar-refractivity contribution is -0.137. The van der Waals surface area contributed by atoms with E-state index in [9.17, 15) is 9.59 Å². The van der Waals surface area contributed by atoms with Crippen LogP contribution < -0.4 is 0 Å². The van der Waals surface area contributed by atoms with Crippen molar-refractivity contribution in [3.8, 4) is 0 Å². The molecule has 2 N–H and O–H groups in total. The van der Waals surface area contributed by atoms with Gasteiger partial charge in [0, 0.05) is 13.6 Å². The van der Waals surface area contributed by atoms with Gasteiger partial charge in [0.15, 0.2) is 5.82 Å². The molecular formula is C12H19N5O3. The van der Waals surface area contributed by atoms with Crippen LogP contribution in [0.5, 0.6) is 0 Å². The molecule has 1 aromatic rings. The number of H-pyrrole nitrogens is 1. The summed E-state index contributed by atoms with van der Waals surface area (Å²) < 4.78 is 0. The second kappa shape index (κ2) is 5.89. The molecule has 0 aromatic carbocycles. The van der Waals surface area contributed by atoms with Crippen LogP contribution in [0.3, 0.4) is 0 Å². The van der Waals surface area contributed by atoms with E-state index in [0.717, 1.165) is 12.8 Å². The van der Waals surface area contributed by atoms with Crippen LogP contribution in [0.15, 0.2) is 0 Å². The predicted molar refractivity (Wildman–Crippen MR) is 69.9 cm³/mol. The van der Waals surface area contributed by atoms with Crippen LogP contribution in [-0.2, 0) is 11.3 Å². The van der Waals surface area contributed by atoms with Gasteiger partial charge in [-0.1, -0.05) is 0 Å². The number of aromatic nitrogens is 3. The Morgan fingerprint density at radius 1 is 1.45 bits per heavy atom. The summed E-state index contributed by atoms with van der Waals surface area (Å²) in [5.41, 5.74) is 0. The largest absolute Gasteiger partial charge is 0.480 e. The number of hydrogen-bond acceptors (Lipinski definition) is 4. The number of nitrogens with one attached hydrogen (secondary N) is 1. The Balaban J connectivity index is 1.95. The molecule has 0 saturated heterocycles. The highest BCUT2D eigenvalue weighted by Crippen LogP contribution is 2.29. The fourth-order valence-electron chi connectivity index (χ4n) is 1.97. The lowest BCUT2D eigenvalue weighted by Crippen LogP contribution is -2.44. The van der Waals surface area contributed by atoms with Gasteiger partial charge in [0.2, 0.25) is 0 Å². The molecule has 1 aliphatic rings. The van der Waals surface area contributed by atoms with Gasteiger partial charge in [-0.3, -0.25) is 9.89 Å². The molecule has 1 saturated carbocycles. The van der Waals surface area contributed by atoms with Gasteiger partial charge in [-0.15, -0.1) is 0 Å². The minimum atomic E-state index is -0.999. The maximum atomic E-state index is 12.3. The first-order valence-corrected chi connectivity index (χ1v) is 6.55. The van der Waals surface area contributed by atoms with Gasteiger partial charge < -0.3 is 14.9 Å². The van der Waals surface area contributed by atoms with Gasteiger partial charge >= 0.3 is 12.0 Å². The van der Waals surface area contributed by atoms with Crippen molar-refractivity contribution in [2.24, 2.45) is 5.92 Å². The molecule has 0 atom stereocenters. The Kier molecular flexibility index (Phi) is 4.21. The summed E-state index contributed by atoms with van der Waals surface area (Å²) in [6.45, 7) is 2.27. The van der Waals surface area contributed by atoms with Crippen molar-refractivity contribution in [2.75, 3.05) is 20.1 Å². The number of nitrogens with zero attached hydrogens (tertiary/aromatic N) is 4. The van der Waals surface area contributed by atoms with Crippen LogP contribution in [0.25, 0.3) is 0 Å². The summed E-state index contributed by atoms with van der Waals surface area (Å²) in [7, 11) is 1.62. The highest BCUT2D eigenvalue weighted by atomic mass is 16.4. The molecule has 110 valence electrons. The second-order valence-corrected chi connectivity index (χ2v) is 5.19. The summed E-state index contributed by atoms with van der Waals surface area (Å²) in [6, 6.07) is -0.304. The molecule has 1 fully saturated rings. The Bertz CT molecular complexity index is 497. The van der Waals surface area contributed by atoms with E-state index in [-0.39, 0.29) is 19.1 Å². The van der Waals surface area contributed by atoms with Gasteiger partial charge in [0.1, 0.15) is 12.4 Å². The number of carboxylic acid groups (broad SMARTS) is 1. The molecule has 2 rings (SSSR count). The maximum Gasteiger partial charge on any atom is 0.323 e. The van der Waals surface area contributed by atoms with E-state index in [1.165, 1.54) is 9.80 Å². The number of carbonyl (C=O) groups excluding carboxylic acids is 1. The van der Waals surface area contributed by atoms with E-state index in [1.807, 2.05) is 0 Å². The predicted octanol–water partition coefficient (Wildman–Crippen LogP) is 0.462. The summed E-state index contributed by atoms with van der Waals surface area (Å²) in [6.07, 6.45) is 2.13. The first-order valence-electron chi connectivity index (χ1n) is 6.55. The summed E-state index contributed by atoms with van der Waals surface area (Å²) in [5.74, 6) is 0.639. The third-order valence-electron chi connectivity index (χ3n) is 3.12. The Morgan fingerprint density at radius 3 is 2.65 bits per heavy atom. The number of hydrogen-bond donors (Lipinski definition) is 2. The van der Waals surface area contributed by atoms with E-state index in [2.05, 4.69) is 15.2 Å². The van der Waals surface area contributed by atoms with E-state index >= 15 is 0 Å². The van der Waals surface area contributed by atoms with E-state index < -0.39 is 5.97 Å². The van der Waals surface area contributed by atoms with E-state index in [0.29, 0.717) is 24.1 Å². The third-order valence-corrected chi connectivity index (χ3v) is 3.12. The Labute approximate surface area is 116 Å². The van der Waals surface area contributed by atoms with Crippen LogP contribution in [0, 0.1) is 12.8 Å². The Hall–Kier alpha value is -2.12. The zero-order valence-electron chi connectivity index (χ0n) is 11.7. The molecule has 8 nitrogen and oxygen atoms in total. The molecule has 1 aliphatic carbocycles. The molecule has 0 aliphatic heterocycles. The number of urea groups is 1. The highest BCUT2D eigenvalue weighted by Gasteiger charge is 2.29. The van der Waals surface area contributed by atoms with Crippen molar-refractivity contribution in [2.45, 2.75) is 26.3 Å². The normalized spacial score (nSPS) is 14.1. The number of aromatic amines is 1. The van der Waals surface area contributed by atoms with E-state index in [1.54, 1.807) is 14.0 Å². The summed E-state index contributed by atoms with van der Waals surface area (Å²) in [5, 5.41) is 15.6. The van der Waals surface area contributed by atoms with Gasteiger partial charge in [-0.2, -0.15) is 5.10 Å². The Morgan fingerprint density at radius 2 is 2.15 bits per heavy atom. The first kappa shape index (κ1) is 14.3. The molecule has 1 heterocycles. The van der Waals surface area contributed by atoms with Crippen LogP contribution in [-0.4, -0.2) is 62.2 Å². The number of rotatable bonds is 6. The molecule has 1 aromatic heterocycles. The third kappa shape index (κ3) is 3.94. The second-order valence-electron chi connectivity index (χ2n) is 5.19. The van der Waals surface area contributed by atoms with Crippen molar-refractivity contribution in [3.63, 3.8) is 0 Å². The average Bonchev–Trinajstić information content (AvgIpc) is 3.09. The van der Waals surface area contributed by atoms with E-state index in [4.69, 9.17) is 5.11 Å². The average molecular weight is 281 g/mol. The van der Waals surface area contributed by atoms with Gasteiger partial charge in [0.25, 0.3) is 0 Å². The zero-order chi connectivity index (χ0) is 14.7. The molecule has 8 heteroatoms. The summed E-state index contributed by atoms with van der Waals surface area (Å²) in [4.78, 5) is 30.1. The molecule has 0 unspecified atom stereocenters. The molecule has 2 amide bonds. The smallest absolute Gasteiger partial charge is 0.323 e. The van der Waals surface area contributed by atoms with Gasteiger partial charge in [-0.25, -0.2) is 9.78 Å². The lowest BCUT2D eigenvalue weighted by Gasteiger charge is -2.26. The lowest BCUT2D eigenvalue weighted by atomic mass is 10.3. The van der Waals surface area contributed by atoms with Crippen LogP contribution in [0.1, 0.15) is 24.5 Å². The number of amides is 2. The van der Waals surface area contributed by atoms with Crippen LogP contribution in [0.2, 0.25) is 0 Å². The quantitative estimate of drug-likeness (QED) is 0.788. The molecule has 0 bridgehead atoms. The fraction of sp³-hybridized carbons (Fsp3) is 0.667. The SMILES string of the molecule is Cc1nc(CN(C)C(=O)N(CC(=O)O)CC2CC2)n[nH]1. The molecule has 0 radical (unpaired) electrons. The molecular weight excluding hydrogens is 262 g/mol. The zero-order valence-corrected chi connectivity index (χ0v) is 11.7. The van der Waals surface area contributed by atoms with Crippen LogP contribution >= 0.6 is 0 Å². The topological polar surface area (TPSA) is 102 Å². The highest BCUT2D eigenvalue weighted by molar-refractivity contribution is 5.80. The van der Waals surface area contributed by atoms with Gasteiger partial charge in [-0.05, 0) is 25.7 Å². The van der Waals surface area contributed by atoms with Crippen LogP contribution in [0.4, 0.5) is 4.79 Å². The van der Waals surface area contributed by atoms with Gasteiger partial charge in [0.05, 0.1) is 6.54 Å². The van der Waals surface area contributed by atoms with Crippen molar-refractivity contribution < 1.29 is 14.7 Å². The standard InChI is InChI=1S/C12H19N5O3/c1-8-13-10(15-14-8)6-16(2)12(20)17(7-11(18)19)5-9-3-4-9/h9H,3-7H2,1-2H3,(H,18,19)(H,13,14,15).